The van der Waals surface area contributed by atoms with Crippen molar-refractivity contribution in [2.24, 2.45) is 5.84 Å². The van der Waals surface area contributed by atoms with Gasteiger partial charge in [0.15, 0.2) is 0 Å². The maximum atomic E-state index is 11.7. The minimum Gasteiger partial charge on any atom is -0.489 e. The van der Waals surface area contributed by atoms with Gasteiger partial charge in [-0.2, -0.15) is 0 Å². The van der Waals surface area contributed by atoms with Crippen LogP contribution in [0.4, 0.5) is 0 Å². The molecule has 5 heteroatoms. The number of nitrogen functional groups attached to an aromatic ring is 1. The molecule has 21 heavy (non-hydrogen) atoms. The molecule has 0 aliphatic heterocycles. The molecule has 0 spiro atoms. The molecule has 1 heterocycles. The largest absolute Gasteiger partial charge is 0.489 e. The average Bonchev–Trinajstić information content (AvgIpc) is 2.92. The summed E-state index contributed by atoms with van der Waals surface area (Å²) in [6.07, 6.45) is 0. The van der Waals surface area contributed by atoms with Crippen molar-refractivity contribution >= 4 is 17.2 Å². The fraction of sp³-hybridized carbons (Fsp3) is 0.312. The third-order valence-electron chi connectivity index (χ3n) is 3.26. The first-order chi connectivity index (χ1) is 10.0. The molecule has 0 aliphatic rings. The summed E-state index contributed by atoms with van der Waals surface area (Å²) in [6.45, 7) is 6.66. The molecule has 1 aromatic carbocycles. The molecule has 4 nitrogen and oxygen atoms in total. The highest BCUT2D eigenvalue weighted by molar-refractivity contribution is 7.12. The quantitative estimate of drug-likeness (QED) is 0.506. The van der Waals surface area contributed by atoms with Gasteiger partial charge in [-0.1, -0.05) is 26.0 Å². The van der Waals surface area contributed by atoms with E-state index in [9.17, 15) is 4.79 Å². The van der Waals surface area contributed by atoms with E-state index in [0.717, 1.165) is 16.9 Å². The van der Waals surface area contributed by atoms with Crippen LogP contribution in [-0.4, -0.2) is 5.91 Å². The van der Waals surface area contributed by atoms with Crippen LogP contribution >= 0.6 is 11.3 Å². The molecule has 2 aromatic rings. The van der Waals surface area contributed by atoms with Crippen LogP contribution in [0.15, 0.2) is 29.6 Å². The summed E-state index contributed by atoms with van der Waals surface area (Å²) in [7, 11) is 0. The number of carbonyl (C=O) groups excluding carboxylic acids is 1. The van der Waals surface area contributed by atoms with Gasteiger partial charge in [0.05, 0.1) is 4.88 Å². The van der Waals surface area contributed by atoms with E-state index in [0.29, 0.717) is 17.4 Å². The summed E-state index contributed by atoms with van der Waals surface area (Å²) in [4.78, 5) is 12.2. The average molecular weight is 304 g/mol. The van der Waals surface area contributed by atoms with E-state index in [1.165, 1.54) is 16.9 Å². The first kappa shape index (κ1) is 15.5. The van der Waals surface area contributed by atoms with E-state index in [-0.39, 0.29) is 5.91 Å². The topological polar surface area (TPSA) is 64.3 Å². The predicted octanol–water partition coefficient (Wildman–Crippen LogP) is 3.36. The van der Waals surface area contributed by atoms with Crippen LogP contribution in [0.25, 0.3) is 0 Å². The Morgan fingerprint density at radius 2 is 2.14 bits per heavy atom. The van der Waals surface area contributed by atoms with E-state index in [1.807, 2.05) is 24.4 Å². The number of hydrazine groups is 1. The molecule has 0 unspecified atom stereocenters. The van der Waals surface area contributed by atoms with E-state index in [1.54, 1.807) is 0 Å². The molecular formula is C16H20N2O2S. The monoisotopic (exact) mass is 304 g/mol. The van der Waals surface area contributed by atoms with E-state index in [4.69, 9.17) is 10.6 Å². The lowest BCUT2D eigenvalue weighted by Gasteiger charge is -2.15. The SMILES string of the molecule is Cc1ccc(C(C)C)c(OCc2ccsc2C(=O)NN)c1. The summed E-state index contributed by atoms with van der Waals surface area (Å²) < 4.78 is 5.94. The number of benzene rings is 1. The Morgan fingerprint density at radius 1 is 1.38 bits per heavy atom. The van der Waals surface area contributed by atoms with Crippen LogP contribution < -0.4 is 16.0 Å². The van der Waals surface area contributed by atoms with Gasteiger partial charge in [-0.15, -0.1) is 11.3 Å². The fourth-order valence-corrected chi connectivity index (χ4v) is 2.93. The highest BCUT2D eigenvalue weighted by Crippen LogP contribution is 2.29. The van der Waals surface area contributed by atoms with Crippen molar-refractivity contribution < 1.29 is 9.53 Å². The van der Waals surface area contributed by atoms with Crippen LogP contribution in [0.5, 0.6) is 5.75 Å². The van der Waals surface area contributed by atoms with Gasteiger partial charge in [0.1, 0.15) is 12.4 Å². The highest BCUT2D eigenvalue weighted by Gasteiger charge is 2.14. The molecular weight excluding hydrogens is 284 g/mol. The lowest BCUT2D eigenvalue weighted by atomic mass is 10.0. The molecule has 0 radical (unpaired) electrons. The van der Waals surface area contributed by atoms with Gasteiger partial charge in [0, 0.05) is 5.56 Å². The van der Waals surface area contributed by atoms with E-state index >= 15 is 0 Å². The van der Waals surface area contributed by atoms with Gasteiger partial charge in [-0.25, -0.2) is 5.84 Å². The van der Waals surface area contributed by atoms with Crippen LogP contribution in [0.2, 0.25) is 0 Å². The number of carbonyl (C=O) groups is 1. The van der Waals surface area contributed by atoms with E-state index < -0.39 is 0 Å². The molecule has 0 saturated heterocycles. The molecule has 112 valence electrons. The number of thiophene rings is 1. The zero-order chi connectivity index (χ0) is 15.4. The number of nitrogens with one attached hydrogen (secondary N) is 1. The Labute approximate surface area is 128 Å². The second-order valence-electron chi connectivity index (χ2n) is 5.23. The molecule has 1 aromatic heterocycles. The lowest BCUT2D eigenvalue weighted by Crippen LogP contribution is -2.30. The van der Waals surface area contributed by atoms with Gasteiger partial charge in [0.25, 0.3) is 5.91 Å². The lowest BCUT2D eigenvalue weighted by molar-refractivity contribution is 0.0955. The number of aryl methyl sites for hydroxylation is 1. The van der Waals surface area contributed by atoms with E-state index in [2.05, 4.69) is 31.4 Å². The highest BCUT2D eigenvalue weighted by atomic mass is 32.1. The van der Waals surface area contributed by atoms with Crippen molar-refractivity contribution in [3.63, 3.8) is 0 Å². The molecule has 0 atom stereocenters. The number of hydrogen-bond acceptors (Lipinski definition) is 4. The third kappa shape index (κ3) is 3.62. The Morgan fingerprint density at radius 3 is 2.81 bits per heavy atom. The van der Waals surface area contributed by atoms with Crippen LogP contribution in [0.1, 0.15) is 46.1 Å². The number of amides is 1. The Kier molecular flexibility index (Phi) is 4.98. The molecule has 0 bridgehead atoms. The zero-order valence-electron chi connectivity index (χ0n) is 12.5. The summed E-state index contributed by atoms with van der Waals surface area (Å²) in [5.41, 5.74) is 5.33. The summed E-state index contributed by atoms with van der Waals surface area (Å²) >= 11 is 1.36. The maximum Gasteiger partial charge on any atom is 0.275 e. The van der Waals surface area contributed by atoms with Gasteiger partial charge in [-0.05, 0) is 41.5 Å². The summed E-state index contributed by atoms with van der Waals surface area (Å²) in [5.74, 6) is 6.16. The number of ether oxygens (including phenoxy) is 1. The summed E-state index contributed by atoms with van der Waals surface area (Å²) in [6, 6.07) is 8.10. The smallest absolute Gasteiger partial charge is 0.275 e. The Bertz CT molecular complexity index is 635. The predicted molar refractivity (Wildman–Crippen MR) is 85.6 cm³/mol. The zero-order valence-corrected chi connectivity index (χ0v) is 13.3. The molecule has 1 amide bonds. The van der Waals surface area contributed by atoms with Crippen molar-refractivity contribution in [3.05, 3.63) is 51.2 Å². The molecule has 0 fully saturated rings. The Hall–Kier alpha value is -1.85. The maximum absolute atomic E-state index is 11.7. The summed E-state index contributed by atoms with van der Waals surface area (Å²) in [5, 5.41) is 1.86. The molecule has 0 aliphatic carbocycles. The second kappa shape index (κ2) is 6.74. The first-order valence-corrected chi connectivity index (χ1v) is 7.71. The van der Waals surface area contributed by atoms with Gasteiger partial charge in [0.2, 0.25) is 0 Å². The molecule has 3 N–H and O–H groups in total. The Balaban J connectivity index is 2.19. The van der Waals surface area contributed by atoms with Gasteiger partial charge < -0.3 is 4.74 Å². The van der Waals surface area contributed by atoms with Crippen LogP contribution in [0, 0.1) is 6.92 Å². The first-order valence-electron chi connectivity index (χ1n) is 6.83. The number of rotatable bonds is 5. The molecule has 2 rings (SSSR count). The normalized spacial score (nSPS) is 10.7. The van der Waals surface area contributed by atoms with Crippen molar-refractivity contribution in [3.8, 4) is 5.75 Å². The van der Waals surface area contributed by atoms with Gasteiger partial charge in [-0.3, -0.25) is 10.2 Å². The van der Waals surface area contributed by atoms with Crippen molar-refractivity contribution in [2.75, 3.05) is 0 Å². The molecule has 0 saturated carbocycles. The van der Waals surface area contributed by atoms with Crippen LogP contribution in [0.3, 0.4) is 0 Å². The third-order valence-corrected chi connectivity index (χ3v) is 4.21. The van der Waals surface area contributed by atoms with Crippen molar-refractivity contribution in [1.82, 2.24) is 5.43 Å². The van der Waals surface area contributed by atoms with Gasteiger partial charge >= 0.3 is 0 Å². The standard InChI is InChI=1S/C16H20N2O2S/c1-10(2)13-5-4-11(3)8-14(13)20-9-12-6-7-21-15(12)16(19)18-17/h4-8,10H,9,17H2,1-3H3,(H,18,19). The number of hydrogen-bond donors (Lipinski definition) is 2. The minimum atomic E-state index is -0.281. The van der Waals surface area contributed by atoms with Crippen LogP contribution in [-0.2, 0) is 6.61 Å². The fourth-order valence-electron chi connectivity index (χ4n) is 2.11. The van der Waals surface area contributed by atoms with Crippen molar-refractivity contribution in [1.29, 1.82) is 0 Å². The second-order valence-corrected chi connectivity index (χ2v) is 6.15. The minimum absolute atomic E-state index is 0.281. The van der Waals surface area contributed by atoms with Crippen molar-refractivity contribution in [2.45, 2.75) is 33.3 Å². The number of nitrogens with two attached hydrogens (primary N) is 1.